The molecule has 6 heteroatoms. The number of carbonyl (C=O) groups excluding carboxylic acids is 1. The third kappa shape index (κ3) is 3.93. The quantitative estimate of drug-likeness (QED) is 0.882. The second-order valence-corrected chi connectivity index (χ2v) is 6.12. The van der Waals surface area contributed by atoms with Crippen molar-refractivity contribution in [3.63, 3.8) is 0 Å². The fraction of sp³-hybridized carbons (Fsp3) is 0.500. The highest BCUT2D eigenvalue weighted by molar-refractivity contribution is 5.76. The van der Waals surface area contributed by atoms with Gasteiger partial charge in [0.1, 0.15) is 0 Å². The van der Waals surface area contributed by atoms with Gasteiger partial charge in [-0.2, -0.15) is 5.10 Å². The fourth-order valence-corrected chi connectivity index (χ4v) is 2.91. The summed E-state index contributed by atoms with van der Waals surface area (Å²) in [5.41, 5.74) is 6.15. The Morgan fingerprint density at radius 2 is 1.96 bits per heavy atom. The van der Waals surface area contributed by atoms with Gasteiger partial charge in [0.05, 0.1) is 12.8 Å². The lowest BCUT2D eigenvalue weighted by Gasteiger charge is -2.13. The standard InChI is InChI=1S/C18H26N4O2/c1-11-9-12(2)20-18(24-6)16(11)10-19-17(23)8-7-15-13(3)21-22(5)14(15)4/h9H,7-8,10H2,1-6H3,(H,19,23). The van der Waals surface area contributed by atoms with Crippen molar-refractivity contribution >= 4 is 5.91 Å². The number of hydrogen-bond donors (Lipinski definition) is 1. The Bertz CT molecular complexity index is 750. The highest BCUT2D eigenvalue weighted by Gasteiger charge is 2.13. The highest BCUT2D eigenvalue weighted by atomic mass is 16.5. The van der Waals surface area contributed by atoms with E-state index >= 15 is 0 Å². The van der Waals surface area contributed by atoms with Gasteiger partial charge in [-0.25, -0.2) is 4.98 Å². The lowest BCUT2D eigenvalue weighted by Crippen LogP contribution is -2.24. The molecule has 0 aliphatic heterocycles. The number of hydrogen-bond acceptors (Lipinski definition) is 4. The Balaban J connectivity index is 1.97. The lowest BCUT2D eigenvalue weighted by molar-refractivity contribution is -0.121. The van der Waals surface area contributed by atoms with E-state index in [1.165, 1.54) is 0 Å². The summed E-state index contributed by atoms with van der Waals surface area (Å²) in [6, 6.07) is 1.99. The van der Waals surface area contributed by atoms with E-state index in [4.69, 9.17) is 4.74 Å². The molecule has 0 atom stereocenters. The minimum atomic E-state index is 0.0136. The van der Waals surface area contributed by atoms with Crippen molar-refractivity contribution in [1.82, 2.24) is 20.1 Å². The van der Waals surface area contributed by atoms with Crippen LogP contribution in [0.25, 0.3) is 0 Å². The summed E-state index contributed by atoms with van der Waals surface area (Å²) in [5, 5.41) is 7.35. The Kier molecular flexibility index (Phi) is 5.59. The summed E-state index contributed by atoms with van der Waals surface area (Å²) in [4.78, 5) is 16.6. The number of nitrogens with one attached hydrogen (secondary N) is 1. The number of aromatic nitrogens is 3. The van der Waals surface area contributed by atoms with Crippen LogP contribution in [0.2, 0.25) is 0 Å². The van der Waals surface area contributed by atoms with Crippen LogP contribution in [0.15, 0.2) is 6.07 Å². The Morgan fingerprint density at radius 1 is 1.25 bits per heavy atom. The summed E-state index contributed by atoms with van der Waals surface area (Å²) >= 11 is 0. The van der Waals surface area contributed by atoms with Gasteiger partial charge >= 0.3 is 0 Å². The molecule has 0 bridgehead atoms. The molecular formula is C18H26N4O2. The number of amides is 1. The van der Waals surface area contributed by atoms with Crippen LogP contribution < -0.4 is 10.1 Å². The van der Waals surface area contributed by atoms with Gasteiger partial charge in [0.25, 0.3) is 0 Å². The van der Waals surface area contributed by atoms with Crippen LogP contribution >= 0.6 is 0 Å². The van der Waals surface area contributed by atoms with Crippen LogP contribution in [-0.4, -0.2) is 27.8 Å². The predicted molar refractivity (Wildman–Crippen MR) is 93.1 cm³/mol. The minimum Gasteiger partial charge on any atom is -0.481 e. The first kappa shape index (κ1) is 18.0. The largest absolute Gasteiger partial charge is 0.481 e. The molecule has 0 saturated carbocycles. The summed E-state index contributed by atoms with van der Waals surface area (Å²) < 4.78 is 7.19. The van der Waals surface area contributed by atoms with Crippen molar-refractivity contribution in [1.29, 1.82) is 0 Å². The summed E-state index contributed by atoms with van der Waals surface area (Å²) in [6.45, 7) is 8.36. The predicted octanol–water partition coefficient (Wildman–Crippen LogP) is 2.31. The highest BCUT2D eigenvalue weighted by Crippen LogP contribution is 2.20. The zero-order chi connectivity index (χ0) is 17.9. The van der Waals surface area contributed by atoms with Gasteiger partial charge in [0.2, 0.25) is 11.8 Å². The van der Waals surface area contributed by atoms with Crippen LogP contribution in [0.4, 0.5) is 0 Å². The maximum absolute atomic E-state index is 12.2. The van der Waals surface area contributed by atoms with Crippen molar-refractivity contribution in [2.75, 3.05) is 7.11 Å². The molecule has 1 N–H and O–H groups in total. The van der Waals surface area contributed by atoms with E-state index in [0.29, 0.717) is 25.3 Å². The molecule has 0 aromatic carbocycles. The molecule has 0 saturated heterocycles. The average Bonchev–Trinajstić information content (AvgIpc) is 2.76. The SMILES string of the molecule is COc1nc(C)cc(C)c1CNC(=O)CCc1c(C)nn(C)c1C. The zero-order valence-electron chi connectivity index (χ0n) is 15.4. The van der Waals surface area contributed by atoms with Crippen molar-refractivity contribution in [3.8, 4) is 5.88 Å². The number of rotatable bonds is 6. The maximum Gasteiger partial charge on any atom is 0.220 e. The molecule has 2 aromatic rings. The molecule has 24 heavy (non-hydrogen) atoms. The van der Waals surface area contributed by atoms with Gasteiger partial charge in [-0.15, -0.1) is 0 Å². The molecule has 130 valence electrons. The second kappa shape index (κ2) is 7.47. The molecule has 1 amide bonds. The average molecular weight is 330 g/mol. The third-order valence-corrected chi connectivity index (χ3v) is 4.35. The van der Waals surface area contributed by atoms with E-state index in [2.05, 4.69) is 15.4 Å². The first-order valence-corrected chi connectivity index (χ1v) is 8.10. The number of aryl methyl sites for hydroxylation is 4. The molecule has 0 spiro atoms. The molecule has 0 aliphatic rings. The molecule has 0 radical (unpaired) electrons. The summed E-state index contributed by atoms with van der Waals surface area (Å²) in [6.07, 6.45) is 1.13. The third-order valence-electron chi connectivity index (χ3n) is 4.35. The molecule has 2 heterocycles. The molecule has 0 unspecified atom stereocenters. The van der Waals surface area contributed by atoms with Crippen LogP contribution in [-0.2, 0) is 24.8 Å². The Morgan fingerprint density at radius 3 is 2.54 bits per heavy atom. The van der Waals surface area contributed by atoms with Gasteiger partial charge in [0.15, 0.2) is 0 Å². The smallest absolute Gasteiger partial charge is 0.220 e. The summed E-state index contributed by atoms with van der Waals surface area (Å²) in [7, 11) is 3.52. The van der Waals surface area contributed by atoms with Gasteiger partial charge in [-0.1, -0.05) is 0 Å². The first-order valence-electron chi connectivity index (χ1n) is 8.10. The molecule has 2 aromatic heterocycles. The van der Waals surface area contributed by atoms with Gasteiger partial charge < -0.3 is 10.1 Å². The van der Waals surface area contributed by atoms with Gasteiger partial charge in [-0.05, 0) is 51.3 Å². The van der Waals surface area contributed by atoms with Crippen molar-refractivity contribution in [2.24, 2.45) is 7.05 Å². The number of ether oxygens (including phenoxy) is 1. The molecular weight excluding hydrogens is 304 g/mol. The van der Waals surface area contributed by atoms with Crippen LogP contribution in [0.5, 0.6) is 5.88 Å². The van der Waals surface area contributed by atoms with Crippen LogP contribution in [0.1, 0.15) is 40.2 Å². The zero-order valence-corrected chi connectivity index (χ0v) is 15.4. The molecule has 6 nitrogen and oxygen atoms in total. The number of carbonyl (C=O) groups is 1. The van der Waals surface area contributed by atoms with Gasteiger partial charge in [-0.3, -0.25) is 9.48 Å². The van der Waals surface area contributed by atoms with E-state index in [9.17, 15) is 4.79 Å². The number of nitrogens with zero attached hydrogens (tertiary/aromatic N) is 3. The minimum absolute atomic E-state index is 0.0136. The molecule has 2 rings (SSSR count). The van der Waals surface area contributed by atoms with Crippen molar-refractivity contribution in [2.45, 2.75) is 47.1 Å². The normalized spacial score (nSPS) is 10.8. The van der Waals surface area contributed by atoms with Crippen LogP contribution in [0.3, 0.4) is 0 Å². The van der Waals surface area contributed by atoms with E-state index in [-0.39, 0.29) is 5.91 Å². The topological polar surface area (TPSA) is 69.0 Å². The van der Waals surface area contributed by atoms with E-state index in [0.717, 1.165) is 33.8 Å². The first-order chi connectivity index (χ1) is 11.3. The van der Waals surface area contributed by atoms with Crippen molar-refractivity contribution < 1.29 is 9.53 Å². The number of pyridine rings is 1. The number of methoxy groups -OCH3 is 1. The van der Waals surface area contributed by atoms with Gasteiger partial charge in [0, 0.05) is 37.0 Å². The molecule has 0 fully saturated rings. The van der Waals surface area contributed by atoms with Crippen molar-refractivity contribution in [3.05, 3.63) is 39.8 Å². The van der Waals surface area contributed by atoms with Crippen LogP contribution in [0, 0.1) is 27.7 Å². The van der Waals surface area contributed by atoms with E-state index in [1.54, 1.807) is 7.11 Å². The maximum atomic E-state index is 12.2. The molecule has 0 aliphatic carbocycles. The monoisotopic (exact) mass is 330 g/mol. The fourth-order valence-electron chi connectivity index (χ4n) is 2.91. The second-order valence-electron chi connectivity index (χ2n) is 6.12. The van der Waals surface area contributed by atoms with E-state index < -0.39 is 0 Å². The Hall–Kier alpha value is -2.37. The lowest BCUT2D eigenvalue weighted by atomic mass is 10.1. The Labute approximate surface area is 143 Å². The van der Waals surface area contributed by atoms with E-state index in [1.807, 2.05) is 45.5 Å². The summed E-state index contributed by atoms with van der Waals surface area (Å²) in [5.74, 6) is 0.589.